The summed E-state index contributed by atoms with van der Waals surface area (Å²) in [4.78, 5) is 2.29. The highest BCUT2D eigenvalue weighted by atomic mass is 15.3. The molecule has 2 N–H and O–H groups in total. The number of nitrogens with zero attached hydrogens (tertiary/aromatic N) is 4. The predicted octanol–water partition coefficient (Wildman–Crippen LogP) is 0.958. The maximum atomic E-state index is 4.18. The molecule has 6 nitrogen and oxygen atoms in total. The summed E-state index contributed by atoms with van der Waals surface area (Å²) in [5.74, 6) is 0.968. The number of anilines is 1. The molecule has 0 bridgehead atoms. The molecule has 2 aromatic heterocycles. The van der Waals surface area contributed by atoms with Crippen molar-refractivity contribution in [2.75, 3.05) is 18.0 Å². The van der Waals surface area contributed by atoms with Gasteiger partial charge in [0.1, 0.15) is 0 Å². The number of piperidine rings is 1. The van der Waals surface area contributed by atoms with Crippen LogP contribution < -0.4 is 10.2 Å². The standard InChI is InChI=1S/C13H18N6/c1-4-13(18-15-6-1)19-8-2-3-12(10-19)14-9-11-5-7-16-17-11/h1,4-7,12,14H,2-3,8-10H2,(H,16,17)/t12-/m0/s1. The lowest BCUT2D eigenvalue weighted by Crippen LogP contribution is -2.45. The minimum absolute atomic E-state index is 0.485. The molecule has 0 unspecified atom stereocenters. The van der Waals surface area contributed by atoms with Gasteiger partial charge in [-0.1, -0.05) is 0 Å². The van der Waals surface area contributed by atoms with Gasteiger partial charge in [-0.05, 0) is 31.0 Å². The Morgan fingerprint density at radius 2 is 2.37 bits per heavy atom. The normalized spacial score (nSPS) is 19.6. The molecule has 1 saturated heterocycles. The van der Waals surface area contributed by atoms with Crippen molar-refractivity contribution in [2.24, 2.45) is 0 Å². The van der Waals surface area contributed by atoms with Crippen molar-refractivity contribution in [1.29, 1.82) is 0 Å². The first kappa shape index (κ1) is 12.1. The second kappa shape index (κ2) is 5.79. The number of nitrogens with one attached hydrogen (secondary N) is 2. The van der Waals surface area contributed by atoms with E-state index >= 15 is 0 Å². The third-order valence-electron chi connectivity index (χ3n) is 3.44. The molecule has 0 spiro atoms. The van der Waals surface area contributed by atoms with Crippen molar-refractivity contribution in [3.05, 3.63) is 36.3 Å². The quantitative estimate of drug-likeness (QED) is 0.854. The van der Waals surface area contributed by atoms with Gasteiger partial charge < -0.3 is 10.2 Å². The van der Waals surface area contributed by atoms with Crippen LogP contribution in [0.15, 0.2) is 30.6 Å². The van der Waals surface area contributed by atoms with E-state index < -0.39 is 0 Å². The highest BCUT2D eigenvalue weighted by molar-refractivity contribution is 5.37. The lowest BCUT2D eigenvalue weighted by atomic mass is 10.1. The Labute approximate surface area is 112 Å². The lowest BCUT2D eigenvalue weighted by Gasteiger charge is -2.33. The third-order valence-corrected chi connectivity index (χ3v) is 3.44. The van der Waals surface area contributed by atoms with E-state index in [0.717, 1.165) is 31.1 Å². The summed E-state index contributed by atoms with van der Waals surface area (Å²) in [5.41, 5.74) is 1.12. The van der Waals surface area contributed by atoms with Gasteiger partial charge in [0, 0.05) is 43.8 Å². The van der Waals surface area contributed by atoms with E-state index in [1.165, 1.54) is 12.8 Å². The van der Waals surface area contributed by atoms with Gasteiger partial charge in [0.15, 0.2) is 5.82 Å². The number of rotatable bonds is 4. The minimum atomic E-state index is 0.485. The number of H-pyrrole nitrogens is 1. The van der Waals surface area contributed by atoms with Crippen molar-refractivity contribution in [3.63, 3.8) is 0 Å². The highest BCUT2D eigenvalue weighted by Gasteiger charge is 2.20. The SMILES string of the molecule is c1cnnc(N2CCC[C@H](NCc3ccn[nH]3)C2)c1. The summed E-state index contributed by atoms with van der Waals surface area (Å²) in [6, 6.07) is 6.43. The smallest absolute Gasteiger partial charge is 0.151 e. The molecular weight excluding hydrogens is 240 g/mol. The lowest BCUT2D eigenvalue weighted by molar-refractivity contribution is 0.417. The van der Waals surface area contributed by atoms with Crippen LogP contribution in [0.5, 0.6) is 0 Å². The molecule has 0 amide bonds. The van der Waals surface area contributed by atoms with E-state index in [1.54, 1.807) is 12.4 Å². The molecule has 1 fully saturated rings. The molecule has 1 aliphatic rings. The Morgan fingerprint density at radius 1 is 1.37 bits per heavy atom. The van der Waals surface area contributed by atoms with Gasteiger partial charge in [0.25, 0.3) is 0 Å². The summed E-state index contributed by atoms with van der Waals surface area (Å²) >= 11 is 0. The van der Waals surface area contributed by atoms with Crippen LogP contribution in [-0.2, 0) is 6.54 Å². The molecule has 1 atom stereocenters. The summed E-state index contributed by atoms with van der Waals surface area (Å²) in [7, 11) is 0. The fourth-order valence-electron chi connectivity index (χ4n) is 2.45. The van der Waals surface area contributed by atoms with Crippen LogP contribution >= 0.6 is 0 Å². The molecule has 0 radical (unpaired) electrons. The Morgan fingerprint density at radius 3 is 3.16 bits per heavy atom. The van der Waals surface area contributed by atoms with Crippen LogP contribution in [0, 0.1) is 0 Å². The first-order chi connectivity index (χ1) is 9.42. The molecule has 2 aromatic rings. The number of aromatic nitrogens is 4. The van der Waals surface area contributed by atoms with Crippen LogP contribution in [0.3, 0.4) is 0 Å². The van der Waals surface area contributed by atoms with E-state index in [2.05, 4.69) is 30.6 Å². The van der Waals surface area contributed by atoms with Crippen LogP contribution in [-0.4, -0.2) is 39.5 Å². The van der Waals surface area contributed by atoms with Gasteiger partial charge in [-0.2, -0.15) is 10.2 Å². The van der Waals surface area contributed by atoms with E-state index in [4.69, 9.17) is 0 Å². The highest BCUT2D eigenvalue weighted by Crippen LogP contribution is 2.16. The van der Waals surface area contributed by atoms with Crippen LogP contribution in [0.1, 0.15) is 18.5 Å². The molecule has 3 heterocycles. The topological polar surface area (TPSA) is 69.7 Å². The second-order valence-electron chi connectivity index (χ2n) is 4.83. The average molecular weight is 258 g/mol. The van der Waals surface area contributed by atoms with Crippen molar-refractivity contribution in [2.45, 2.75) is 25.4 Å². The van der Waals surface area contributed by atoms with Crippen LogP contribution in [0.25, 0.3) is 0 Å². The van der Waals surface area contributed by atoms with Crippen molar-refractivity contribution < 1.29 is 0 Å². The van der Waals surface area contributed by atoms with E-state index in [1.807, 2.05) is 18.2 Å². The third kappa shape index (κ3) is 3.08. The maximum Gasteiger partial charge on any atom is 0.151 e. The zero-order valence-electron chi connectivity index (χ0n) is 10.8. The Bertz CT molecular complexity index is 483. The number of aromatic amines is 1. The maximum absolute atomic E-state index is 4.18. The van der Waals surface area contributed by atoms with Crippen molar-refractivity contribution in [1.82, 2.24) is 25.7 Å². The molecule has 0 aromatic carbocycles. The zero-order valence-corrected chi connectivity index (χ0v) is 10.8. The largest absolute Gasteiger partial charge is 0.354 e. The van der Waals surface area contributed by atoms with Gasteiger partial charge in [-0.3, -0.25) is 5.10 Å². The van der Waals surface area contributed by atoms with Crippen molar-refractivity contribution in [3.8, 4) is 0 Å². The molecule has 6 heteroatoms. The molecule has 3 rings (SSSR count). The van der Waals surface area contributed by atoms with Gasteiger partial charge >= 0.3 is 0 Å². The Balaban J connectivity index is 1.56. The summed E-state index contributed by atoms with van der Waals surface area (Å²) < 4.78 is 0. The van der Waals surface area contributed by atoms with Crippen LogP contribution in [0.4, 0.5) is 5.82 Å². The first-order valence-electron chi connectivity index (χ1n) is 6.66. The molecule has 19 heavy (non-hydrogen) atoms. The van der Waals surface area contributed by atoms with Crippen molar-refractivity contribution >= 4 is 5.82 Å². The first-order valence-corrected chi connectivity index (χ1v) is 6.66. The molecule has 0 saturated carbocycles. The fourth-order valence-corrected chi connectivity index (χ4v) is 2.45. The summed E-state index contributed by atoms with van der Waals surface area (Å²) in [6.07, 6.45) is 5.87. The Kier molecular flexibility index (Phi) is 3.69. The van der Waals surface area contributed by atoms with Gasteiger partial charge in [0.2, 0.25) is 0 Å². The Hall–Kier alpha value is -1.95. The number of hydrogen-bond acceptors (Lipinski definition) is 5. The second-order valence-corrected chi connectivity index (χ2v) is 4.83. The molecule has 0 aliphatic carbocycles. The van der Waals surface area contributed by atoms with E-state index in [9.17, 15) is 0 Å². The molecule has 100 valence electrons. The van der Waals surface area contributed by atoms with Gasteiger partial charge in [0.05, 0.1) is 0 Å². The molecular formula is C13H18N6. The monoisotopic (exact) mass is 258 g/mol. The van der Waals surface area contributed by atoms with Gasteiger partial charge in [-0.25, -0.2) is 0 Å². The van der Waals surface area contributed by atoms with Gasteiger partial charge in [-0.15, -0.1) is 5.10 Å². The average Bonchev–Trinajstić information content (AvgIpc) is 3.00. The van der Waals surface area contributed by atoms with Crippen LogP contribution in [0.2, 0.25) is 0 Å². The summed E-state index contributed by atoms with van der Waals surface area (Å²) in [5, 5.41) is 18.6. The minimum Gasteiger partial charge on any atom is -0.354 e. The summed E-state index contributed by atoms with van der Waals surface area (Å²) in [6.45, 7) is 2.87. The van der Waals surface area contributed by atoms with E-state index in [-0.39, 0.29) is 0 Å². The molecule has 1 aliphatic heterocycles. The van der Waals surface area contributed by atoms with E-state index in [0.29, 0.717) is 6.04 Å². The predicted molar refractivity (Wildman–Crippen MR) is 72.7 cm³/mol. The number of hydrogen-bond donors (Lipinski definition) is 2. The zero-order chi connectivity index (χ0) is 12.9. The fraction of sp³-hybridized carbons (Fsp3) is 0.462.